The second-order valence-corrected chi connectivity index (χ2v) is 14.1. The van der Waals surface area contributed by atoms with Gasteiger partial charge in [0.1, 0.15) is 5.75 Å². The molecular weight excluding hydrogens is 564 g/mol. The smallest absolute Gasteiger partial charge is 0.397 e. The molecule has 224 valence electrons. The van der Waals surface area contributed by atoms with Gasteiger partial charge in [0.15, 0.2) is 0 Å². The zero-order chi connectivity index (χ0) is 29.5. The highest BCUT2D eigenvalue weighted by molar-refractivity contribution is 7.81. The summed E-state index contributed by atoms with van der Waals surface area (Å²) in [7, 11) is -8.94. The molecule has 4 aliphatic rings. The Bertz CT molecular complexity index is 1340. The number of fused-ring (bicyclic) bond motifs is 5. The van der Waals surface area contributed by atoms with Gasteiger partial charge in [-0.1, -0.05) is 37.6 Å². The fourth-order valence-electron chi connectivity index (χ4n) is 7.97. The summed E-state index contributed by atoms with van der Waals surface area (Å²) in [6.07, 6.45) is 7.25. The van der Waals surface area contributed by atoms with Crippen molar-refractivity contribution in [1.29, 1.82) is 0 Å². The van der Waals surface area contributed by atoms with Crippen LogP contribution in [0.2, 0.25) is 0 Å². The lowest BCUT2D eigenvalue weighted by molar-refractivity contribution is -0.136. The topological polar surface area (TPSA) is 185 Å². The Morgan fingerprint density at radius 3 is 2.15 bits per heavy atom. The number of allylic oxidation sites excluding steroid dienone is 1. The minimum Gasteiger partial charge on any atom is -0.508 e. The Balaban J connectivity index is 0.000000283. The molecule has 0 aliphatic heterocycles. The summed E-state index contributed by atoms with van der Waals surface area (Å²) in [5.41, 5.74) is 1.60. The Kier molecular flexibility index (Phi) is 8.76. The Morgan fingerprint density at radius 1 is 0.900 bits per heavy atom. The highest BCUT2D eigenvalue weighted by atomic mass is 32.3. The maximum Gasteiger partial charge on any atom is 0.397 e. The first kappa shape index (κ1) is 30.9. The molecule has 0 heterocycles. The maximum absolute atomic E-state index is 11.3. The van der Waals surface area contributed by atoms with E-state index in [2.05, 4.69) is 13.8 Å². The Labute approximate surface area is 235 Å². The number of carbonyl (C=O) groups is 1. The van der Waals surface area contributed by atoms with E-state index in [4.69, 9.17) is 23.1 Å². The van der Waals surface area contributed by atoms with Crippen molar-refractivity contribution in [3.63, 3.8) is 0 Å². The van der Waals surface area contributed by atoms with E-state index < -0.39 is 39.0 Å². The zero-order valence-corrected chi connectivity index (χ0v) is 24.2. The number of aliphatic carboxylic acids is 1. The molecule has 0 bridgehead atoms. The third kappa shape index (κ3) is 6.88. The summed E-state index contributed by atoms with van der Waals surface area (Å²) in [6, 6.07) is 6.11. The molecular formula is C27H38O11S2. The van der Waals surface area contributed by atoms with Gasteiger partial charge in [0.25, 0.3) is 0 Å². The third-order valence-electron chi connectivity index (χ3n) is 9.76. The van der Waals surface area contributed by atoms with Crippen LogP contribution in [0.15, 0.2) is 35.9 Å². The van der Waals surface area contributed by atoms with Crippen LogP contribution in [0.1, 0.15) is 70.8 Å². The molecule has 0 saturated heterocycles. The van der Waals surface area contributed by atoms with E-state index in [1.165, 1.54) is 17.7 Å². The molecule has 1 aromatic carbocycles. The van der Waals surface area contributed by atoms with E-state index in [9.17, 15) is 26.2 Å². The number of phenolic OH excluding ortho intramolecular Hbond substituents is 1. The van der Waals surface area contributed by atoms with Crippen LogP contribution in [0, 0.1) is 28.6 Å². The van der Waals surface area contributed by atoms with Gasteiger partial charge in [-0.3, -0.25) is 13.9 Å². The number of carboxylic acids is 1. The number of phenols is 1. The normalized spacial score (nSPS) is 35.3. The van der Waals surface area contributed by atoms with E-state index >= 15 is 0 Å². The highest BCUT2D eigenvalue weighted by Crippen LogP contribution is 2.66. The molecule has 0 radical (unpaired) electrons. The first-order valence-corrected chi connectivity index (χ1v) is 16.3. The van der Waals surface area contributed by atoms with Gasteiger partial charge in [0.05, 0.1) is 18.6 Å². The van der Waals surface area contributed by atoms with Crippen LogP contribution in [0.3, 0.4) is 0 Å². The summed E-state index contributed by atoms with van der Waals surface area (Å²) in [5, 5.41) is 17.2. The molecule has 0 amide bonds. The fraction of sp³-hybridized carbons (Fsp3) is 0.667. The molecule has 4 aliphatic carbocycles. The predicted molar refractivity (Wildman–Crippen MR) is 144 cm³/mol. The lowest BCUT2D eigenvalue weighted by Gasteiger charge is -2.58. The Morgan fingerprint density at radius 2 is 1.55 bits per heavy atom. The van der Waals surface area contributed by atoms with Crippen molar-refractivity contribution in [2.45, 2.75) is 83.8 Å². The lowest BCUT2D eigenvalue weighted by Crippen LogP contribution is -2.52. The molecule has 3 saturated carbocycles. The molecule has 1 aromatic rings. The average Bonchev–Trinajstić information content (AvgIpc) is 3.15. The van der Waals surface area contributed by atoms with E-state index in [1.54, 1.807) is 12.1 Å². The van der Waals surface area contributed by atoms with Crippen molar-refractivity contribution < 1.29 is 49.3 Å². The van der Waals surface area contributed by atoms with Crippen molar-refractivity contribution in [3.8, 4) is 5.75 Å². The van der Waals surface area contributed by atoms with Crippen molar-refractivity contribution in [1.82, 2.24) is 0 Å². The number of aromatic hydroxyl groups is 1. The summed E-state index contributed by atoms with van der Waals surface area (Å²) in [4.78, 5) is 10.2. The van der Waals surface area contributed by atoms with E-state index in [0.29, 0.717) is 36.2 Å². The lowest BCUT2D eigenvalue weighted by atomic mass is 9.47. The molecule has 4 N–H and O–H groups in total. The molecule has 11 nitrogen and oxygen atoms in total. The maximum atomic E-state index is 11.3. The van der Waals surface area contributed by atoms with Crippen molar-refractivity contribution in [3.05, 3.63) is 41.5 Å². The largest absolute Gasteiger partial charge is 0.508 e. The van der Waals surface area contributed by atoms with Gasteiger partial charge < -0.3 is 10.2 Å². The average molecular weight is 603 g/mol. The minimum absolute atomic E-state index is 0.000278. The molecule has 3 fully saturated rings. The number of benzene rings is 1. The van der Waals surface area contributed by atoms with Crippen LogP contribution in [-0.4, -0.2) is 54.3 Å². The molecule has 7 atom stereocenters. The second-order valence-electron chi connectivity index (χ2n) is 12.0. The summed E-state index contributed by atoms with van der Waals surface area (Å²) < 4.78 is 72.9. The van der Waals surface area contributed by atoms with Gasteiger partial charge >= 0.3 is 26.8 Å². The van der Waals surface area contributed by atoms with E-state index in [-0.39, 0.29) is 23.0 Å². The number of carboxylic acid groups (broad SMARTS) is 1. The standard InChI is InChI=1S/C19H30O8S2.C8H8O3/c1-18-9-7-13(26-28(20,21)22)11-12(18)3-4-14-15-5-6-17(27-29(23,24)25)19(15,2)10-8-16(14)18;9-7-3-1-6(2-4-7)5-8(10)11/h11,13-17H,3-10H2,1-2H3,(H,20,21,22)(H,23,24,25);1-4,9H,5H2,(H,10,11)/t13-,14-,15-,16-,17-,18-,19-;/m0./s1. The number of hydrogen-bond acceptors (Lipinski definition) is 8. The van der Waals surface area contributed by atoms with Gasteiger partial charge in [-0.2, -0.15) is 16.8 Å². The summed E-state index contributed by atoms with van der Waals surface area (Å²) >= 11 is 0. The first-order valence-electron chi connectivity index (χ1n) is 13.5. The van der Waals surface area contributed by atoms with Crippen molar-refractivity contribution in [2.75, 3.05) is 0 Å². The minimum atomic E-state index is -4.47. The van der Waals surface area contributed by atoms with Gasteiger partial charge in [-0.05, 0) is 97.6 Å². The third-order valence-corrected chi connectivity index (χ3v) is 10.7. The first-order chi connectivity index (χ1) is 18.5. The van der Waals surface area contributed by atoms with E-state index in [0.717, 1.165) is 38.5 Å². The van der Waals surface area contributed by atoms with Gasteiger partial charge in [0, 0.05) is 0 Å². The quantitative estimate of drug-likeness (QED) is 0.268. The number of hydrogen-bond donors (Lipinski definition) is 4. The van der Waals surface area contributed by atoms with Crippen LogP contribution < -0.4 is 0 Å². The zero-order valence-electron chi connectivity index (χ0n) is 22.6. The molecule has 0 aromatic heterocycles. The summed E-state index contributed by atoms with van der Waals surface area (Å²) in [6.45, 7) is 4.35. The van der Waals surface area contributed by atoms with Gasteiger partial charge in [-0.15, -0.1) is 0 Å². The SMILES string of the molecule is C[C@]12CC[C@H]3[C@@H](CCC4=C[C@@H](OS(=O)(=O)O)CC[C@@]43C)[C@@H]1CC[C@@H]2OS(=O)(=O)O.O=C(O)Cc1ccc(O)cc1. The van der Waals surface area contributed by atoms with E-state index in [1.807, 2.05) is 6.08 Å². The Hall–Kier alpha value is -2.03. The fourth-order valence-corrected chi connectivity index (χ4v) is 9.05. The van der Waals surface area contributed by atoms with Crippen LogP contribution >= 0.6 is 0 Å². The molecule has 5 rings (SSSR count). The number of rotatable bonds is 6. The molecule has 13 heteroatoms. The van der Waals surface area contributed by atoms with Crippen LogP contribution in [-0.2, 0) is 40.4 Å². The van der Waals surface area contributed by atoms with Gasteiger partial charge in [-0.25, -0.2) is 8.37 Å². The van der Waals surface area contributed by atoms with Gasteiger partial charge in [0.2, 0.25) is 0 Å². The van der Waals surface area contributed by atoms with Crippen molar-refractivity contribution in [2.24, 2.45) is 28.6 Å². The molecule has 0 unspecified atom stereocenters. The van der Waals surface area contributed by atoms with Crippen molar-refractivity contribution >= 4 is 26.8 Å². The van der Waals surface area contributed by atoms with Crippen LogP contribution in [0.4, 0.5) is 0 Å². The predicted octanol–water partition coefficient (Wildman–Crippen LogP) is 4.34. The molecule has 40 heavy (non-hydrogen) atoms. The molecule has 0 spiro atoms. The summed E-state index contributed by atoms with van der Waals surface area (Å²) in [5.74, 6) is 0.523. The monoisotopic (exact) mass is 602 g/mol. The second kappa shape index (κ2) is 11.3. The highest BCUT2D eigenvalue weighted by Gasteiger charge is 2.60. The van der Waals surface area contributed by atoms with Crippen LogP contribution in [0.5, 0.6) is 5.75 Å². The van der Waals surface area contributed by atoms with Crippen LogP contribution in [0.25, 0.3) is 0 Å².